The van der Waals surface area contributed by atoms with Crippen LogP contribution in [0, 0.1) is 5.92 Å². The molecule has 0 saturated carbocycles. The van der Waals surface area contributed by atoms with Gasteiger partial charge in [0.1, 0.15) is 0 Å². The number of rotatable bonds is 3. The first-order valence-corrected chi connectivity index (χ1v) is 6.74. The number of halogens is 2. The number of hydrogen-bond donors (Lipinski definition) is 0. The molecule has 1 atom stereocenters. The molecule has 0 N–H and O–H groups in total. The van der Waals surface area contributed by atoms with Crippen LogP contribution in [0.2, 0.25) is 0 Å². The second kappa shape index (κ2) is 4.97. The van der Waals surface area contributed by atoms with Crippen LogP contribution in [0.25, 0.3) is 0 Å². The van der Waals surface area contributed by atoms with Crippen molar-refractivity contribution >= 4 is 38.5 Å². The van der Waals surface area contributed by atoms with Gasteiger partial charge in [-0.2, -0.15) is 0 Å². The fraction of sp³-hybridized carbons (Fsp3) is 0.500. The molecule has 0 aliphatic rings. The fourth-order valence-corrected chi connectivity index (χ4v) is 2.03. The molecule has 0 nitrogen and oxygen atoms in total. The van der Waals surface area contributed by atoms with E-state index in [0.29, 0.717) is 0 Å². The minimum atomic E-state index is 0.0567. The van der Waals surface area contributed by atoms with E-state index in [1.807, 2.05) is 0 Å². The van der Waals surface area contributed by atoms with Gasteiger partial charge < -0.3 is 0 Å². The van der Waals surface area contributed by atoms with Crippen molar-refractivity contribution in [3.8, 4) is 0 Å². The van der Waals surface area contributed by atoms with Gasteiger partial charge in [-0.15, -0.1) is 0 Å². The van der Waals surface area contributed by atoms with Gasteiger partial charge in [0, 0.05) is 0 Å². The van der Waals surface area contributed by atoms with Crippen molar-refractivity contribution < 1.29 is 0 Å². The van der Waals surface area contributed by atoms with E-state index in [9.17, 15) is 0 Å². The van der Waals surface area contributed by atoms with Gasteiger partial charge in [0.25, 0.3) is 0 Å². The van der Waals surface area contributed by atoms with Crippen LogP contribution in [0.4, 0.5) is 0 Å². The molecule has 0 aliphatic carbocycles. The third-order valence-electron chi connectivity index (χ3n) is 2.10. The van der Waals surface area contributed by atoms with E-state index in [4.69, 9.17) is 0 Å². The Morgan fingerprint density at radius 1 is 1.29 bits per heavy atom. The van der Waals surface area contributed by atoms with Crippen LogP contribution in [0.1, 0.15) is 31.9 Å². The quantitative estimate of drug-likeness (QED) is 0.527. The molecule has 1 aromatic rings. The molecule has 2 heteroatoms. The van der Waals surface area contributed by atoms with Crippen molar-refractivity contribution in [1.82, 2.24) is 0 Å². The minimum Gasteiger partial charge on any atom is -0.0687 e. The summed E-state index contributed by atoms with van der Waals surface area (Å²) in [6, 6.07) is 8.87. The molecule has 0 amide bonds. The molecule has 1 aromatic carbocycles. The maximum Gasteiger partial charge on any atom is 0.0989 e. The smallest absolute Gasteiger partial charge is 0.0687 e. The zero-order valence-electron chi connectivity index (χ0n) is 8.85. The third kappa shape index (κ3) is 3.89. The molecular formula is C12H16BrI. The zero-order chi connectivity index (χ0) is 10.8. The van der Waals surface area contributed by atoms with Gasteiger partial charge in [-0.25, -0.2) is 0 Å². The van der Waals surface area contributed by atoms with Gasteiger partial charge in [-0.3, -0.25) is 0 Å². The molecule has 0 bridgehead atoms. The monoisotopic (exact) mass is 366 g/mol. The molecule has 1 rings (SSSR count). The third-order valence-corrected chi connectivity index (χ3v) is 3.19. The van der Waals surface area contributed by atoms with E-state index in [0.717, 1.165) is 5.92 Å². The summed E-state index contributed by atoms with van der Waals surface area (Å²) in [4.78, 5) is 0. The van der Waals surface area contributed by atoms with Crippen LogP contribution in [0.5, 0.6) is 0 Å². The van der Waals surface area contributed by atoms with E-state index in [2.05, 4.69) is 83.6 Å². The van der Waals surface area contributed by atoms with Crippen molar-refractivity contribution in [2.24, 2.45) is 5.92 Å². The summed E-state index contributed by atoms with van der Waals surface area (Å²) in [5.41, 5.74) is 2.75. The predicted molar refractivity (Wildman–Crippen MR) is 75.3 cm³/mol. The Labute approximate surface area is 109 Å². The second-order valence-corrected chi connectivity index (χ2v) is 9.41. The summed E-state index contributed by atoms with van der Waals surface area (Å²) in [7, 11) is 0. The predicted octanol–water partition coefficient (Wildman–Crippen LogP) is 4.89. The van der Waals surface area contributed by atoms with E-state index in [-0.39, 0.29) is 2.33 Å². The van der Waals surface area contributed by atoms with Crippen molar-refractivity contribution in [1.29, 1.82) is 0 Å². The summed E-state index contributed by atoms with van der Waals surface area (Å²) in [5, 5.41) is 0. The average Bonchev–Trinajstić information content (AvgIpc) is 2.02. The van der Waals surface area contributed by atoms with Crippen LogP contribution in [-0.2, 0) is 8.75 Å². The van der Waals surface area contributed by atoms with Crippen molar-refractivity contribution in [2.45, 2.75) is 29.5 Å². The SMILES string of the molecule is CC(C)Cc1ccc(C(C)(Br)I)cc1. The highest BCUT2D eigenvalue weighted by Crippen LogP contribution is 2.37. The van der Waals surface area contributed by atoms with Gasteiger partial charge in [-0.1, -0.05) is 76.6 Å². The van der Waals surface area contributed by atoms with Crippen LogP contribution in [0.3, 0.4) is 0 Å². The lowest BCUT2D eigenvalue weighted by Crippen LogP contribution is -2.02. The maximum atomic E-state index is 3.65. The summed E-state index contributed by atoms with van der Waals surface area (Å²) in [6.45, 7) is 6.66. The fourth-order valence-electron chi connectivity index (χ4n) is 1.40. The second-order valence-electron chi connectivity index (χ2n) is 4.18. The largest absolute Gasteiger partial charge is 0.0989 e. The van der Waals surface area contributed by atoms with Gasteiger partial charge in [0.2, 0.25) is 0 Å². The van der Waals surface area contributed by atoms with Crippen molar-refractivity contribution in [3.63, 3.8) is 0 Å². The first-order chi connectivity index (χ1) is 6.39. The van der Waals surface area contributed by atoms with Crippen LogP contribution < -0.4 is 0 Å². The molecule has 0 radical (unpaired) electrons. The number of benzene rings is 1. The van der Waals surface area contributed by atoms with Crippen LogP contribution >= 0.6 is 38.5 Å². The lowest BCUT2D eigenvalue weighted by atomic mass is 10.0. The molecule has 14 heavy (non-hydrogen) atoms. The molecule has 0 aliphatic heterocycles. The molecule has 1 unspecified atom stereocenters. The first-order valence-electron chi connectivity index (χ1n) is 4.87. The summed E-state index contributed by atoms with van der Waals surface area (Å²) >= 11 is 6.05. The van der Waals surface area contributed by atoms with E-state index in [1.54, 1.807) is 0 Å². The van der Waals surface area contributed by atoms with Gasteiger partial charge in [0.15, 0.2) is 0 Å². The standard InChI is InChI=1S/C12H16BrI/c1-9(2)8-10-4-6-11(7-5-10)12(3,13)14/h4-7,9H,8H2,1-3H3. The molecule has 0 fully saturated rings. The highest BCUT2D eigenvalue weighted by atomic mass is 127. The van der Waals surface area contributed by atoms with Crippen molar-refractivity contribution in [2.75, 3.05) is 0 Å². The van der Waals surface area contributed by atoms with Gasteiger partial charge in [0.05, 0.1) is 2.33 Å². The van der Waals surface area contributed by atoms with Crippen LogP contribution in [0.15, 0.2) is 24.3 Å². The van der Waals surface area contributed by atoms with E-state index in [1.165, 1.54) is 17.5 Å². The summed E-state index contributed by atoms with van der Waals surface area (Å²) in [5.74, 6) is 0.732. The molecular weight excluding hydrogens is 351 g/mol. The normalized spacial score (nSPS) is 15.6. The minimum absolute atomic E-state index is 0.0567. The highest BCUT2D eigenvalue weighted by Gasteiger charge is 2.17. The molecule has 0 spiro atoms. The highest BCUT2D eigenvalue weighted by molar-refractivity contribution is 14.1. The Kier molecular flexibility index (Phi) is 4.44. The molecule has 78 valence electrons. The Morgan fingerprint density at radius 2 is 1.79 bits per heavy atom. The lowest BCUT2D eigenvalue weighted by Gasteiger charge is -2.15. The number of alkyl halides is 2. The summed E-state index contributed by atoms with van der Waals surface area (Å²) in [6.07, 6.45) is 1.17. The number of hydrogen-bond acceptors (Lipinski definition) is 0. The van der Waals surface area contributed by atoms with Gasteiger partial charge in [-0.05, 0) is 30.4 Å². The molecule has 0 saturated heterocycles. The molecule has 0 heterocycles. The van der Waals surface area contributed by atoms with E-state index < -0.39 is 0 Å². The Morgan fingerprint density at radius 3 is 2.14 bits per heavy atom. The Bertz CT molecular complexity index is 282. The summed E-state index contributed by atoms with van der Waals surface area (Å²) < 4.78 is 0.0567. The van der Waals surface area contributed by atoms with E-state index >= 15 is 0 Å². The lowest BCUT2D eigenvalue weighted by molar-refractivity contribution is 0.647. The van der Waals surface area contributed by atoms with Crippen LogP contribution in [-0.4, -0.2) is 0 Å². The van der Waals surface area contributed by atoms with Crippen molar-refractivity contribution in [3.05, 3.63) is 35.4 Å². The average molecular weight is 367 g/mol. The van der Waals surface area contributed by atoms with Gasteiger partial charge >= 0.3 is 0 Å². The molecule has 0 aromatic heterocycles. The first kappa shape index (κ1) is 12.5. The zero-order valence-corrected chi connectivity index (χ0v) is 12.6. The topological polar surface area (TPSA) is 0 Å². The Hall–Kier alpha value is 0.430. The Balaban J connectivity index is 2.79. The maximum absolute atomic E-state index is 3.65.